The van der Waals surface area contributed by atoms with Gasteiger partial charge in [-0.1, -0.05) is 53.9 Å². The van der Waals surface area contributed by atoms with Crippen LogP contribution in [0.4, 0.5) is 4.79 Å². The predicted molar refractivity (Wildman–Crippen MR) is 148 cm³/mol. The minimum absolute atomic E-state index is 0.0433. The summed E-state index contributed by atoms with van der Waals surface area (Å²) in [4.78, 5) is 77.8. The van der Waals surface area contributed by atoms with E-state index in [0.717, 1.165) is 19.3 Å². The van der Waals surface area contributed by atoms with E-state index < -0.39 is 64.6 Å². The number of ketones is 1. The van der Waals surface area contributed by atoms with E-state index in [-0.39, 0.29) is 30.8 Å². The molecular weight excluding hydrogens is 518 g/mol. The van der Waals surface area contributed by atoms with E-state index in [9.17, 15) is 28.8 Å². The number of rotatable bonds is 10. The van der Waals surface area contributed by atoms with Crippen LogP contribution in [0.5, 0.6) is 0 Å². The van der Waals surface area contributed by atoms with E-state index >= 15 is 0 Å². The molecule has 12 heteroatoms. The number of Topliss-reactive ketones (excluding diaryl/α,β-unsaturated/α-hetero) is 1. The average molecular weight is 566 g/mol. The van der Waals surface area contributed by atoms with Gasteiger partial charge >= 0.3 is 12.0 Å². The first-order valence-corrected chi connectivity index (χ1v) is 14.0. The number of hydrogen-bond donors (Lipinski definition) is 4. The molecule has 1 saturated heterocycles. The molecule has 0 aromatic rings. The third kappa shape index (κ3) is 8.92. The van der Waals surface area contributed by atoms with Crippen LogP contribution in [0, 0.1) is 23.2 Å². The summed E-state index contributed by atoms with van der Waals surface area (Å²) in [5.41, 5.74) is 3.80. The summed E-state index contributed by atoms with van der Waals surface area (Å²) in [6, 6.07) is -3.72. The largest absolute Gasteiger partial charge is 0.459 e. The third-order valence-corrected chi connectivity index (χ3v) is 7.64. The molecule has 1 aliphatic carbocycles. The lowest BCUT2D eigenvalue weighted by Crippen LogP contribution is -2.61. The number of primary amides is 1. The second-order valence-corrected chi connectivity index (χ2v) is 13.3. The summed E-state index contributed by atoms with van der Waals surface area (Å²) in [6.07, 6.45) is 3.17. The van der Waals surface area contributed by atoms with Gasteiger partial charge in [0.05, 0.1) is 6.04 Å². The molecule has 1 heterocycles. The van der Waals surface area contributed by atoms with Crippen LogP contribution in [0.3, 0.4) is 0 Å². The maximum atomic E-state index is 13.9. The molecule has 2 aliphatic rings. The molecule has 40 heavy (non-hydrogen) atoms. The van der Waals surface area contributed by atoms with Crippen LogP contribution in [0.25, 0.3) is 0 Å². The van der Waals surface area contributed by atoms with Gasteiger partial charge < -0.3 is 31.3 Å². The lowest BCUT2D eigenvalue weighted by atomic mass is 9.80. The molecule has 1 saturated carbocycles. The van der Waals surface area contributed by atoms with Crippen molar-refractivity contribution in [2.45, 2.75) is 105 Å². The molecule has 4 unspecified atom stereocenters. The van der Waals surface area contributed by atoms with Gasteiger partial charge in [0.1, 0.15) is 24.2 Å². The van der Waals surface area contributed by atoms with E-state index in [2.05, 4.69) is 16.0 Å². The van der Waals surface area contributed by atoms with Crippen LogP contribution in [-0.2, 0) is 28.7 Å². The van der Waals surface area contributed by atoms with Crippen molar-refractivity contribution >= 4 is 35.5 Å². The summed E-state index contributed by atoms with van der Waals surface area (Å²) in [7, 11) is 0. The highest BCUT2D eigenvalue weighted by molar-refractivity contribution is 6.37. The number of carbonyl (C=O) groups is 6. The van der Waals surface area contributed by atoms with Gasteiger partial charge in [-0.3, -0.25) is 24.0 Å². The first-order chi connectivity index (χ1) is 18.3. The van der Waals surface area contributed by atoms with E-state index in [4.69, 9.17) is 10.5 Å². The predicted octanol–water partition coefficient (Wildman–Crippen LogP) is 1.25. The minimum atomic E-state index is -1.11. The fourth-order valence-electron chi connectivity index (χ4n) is 5.04. The smallest absolute Gasteiger partial charge is 0.325 e. The second kappa shape index (κ2) is 13.0. The van der Waals surface area contributed by atoms with Crippen LogP contribution in [-0.4, -0.2) is 77.2 Å². The molecule has 226 valence electrons. The Bertz CT molecular complexity index is 996. The summed E-state index contributed by atoms with van der Waals surface area (Å²) < 4.78 is 5.20. The molecule has 2 fully saturated rings. The molecule has 0 aromatic carbocycles. The molecule has 5 amide bonds. The number of nitrogens with one attached hydrogen (secondary N) is 3. The van der Waals surface area contributed by atoms with E-state index in [1.165, 1.54) is 4.90 Å². The molecule has 5 N–H and O–H groups in total. The number of hydrogen-bond acceptors (Lipinski definition) is 7. The van der Waals surface area contributed by atoms with E-state index in [1.54, 1.807) is 41.5 Å². The first kappa shape index (κ1) is 33.0. The average Bonchev–Trinajstić information content (AvgIpc) is 3.08. The summed E-state index contributed by atoms with van der Waals surface area (Å²) in [5.74, 6) is -3.66. The lowest BCUT2D eigenvalue weighted by molar-refractivity contribution is -0.153. The quantitative estimate of drug-likeness (QED) is 0.227. The van der Waals surface area contributed by atoms with Crippen LogP contribution >= 0.6 is 0 Å². The van der Waals surface area contributed by atoms with Crippen molar-refractivity contribution in [3.8, 4) is 0 Å². The van der Waals surface area contributed by atoms with Crippen LogP contribution in [0.15, 0.2) is 0 Å². The number of nitrogens with zero attached hydrogens (tertiary/aromatic N) is 1. The number of ether oxygens (including phenoxy) is 1. The summed E-state index contributed by atoms with van der Waals surface area (Å²) in [6.45, 7) is 14.1. The highest BCUT2D eigenvalue weighted by Crippen LogP contribution is 2.34. The maximum Gasteiger partial charge on any atom is 0.325 e. The lowest BCUT2D eigenvalue weighted by Gasteiger charge is -2.36. The maximum absolute atomic E-state index is 13.9. The number of amides is 5. The summed E-state index contributed by atoms with van der Waals surface area (Å²) in [5, 5.41) is 7.80. The van der Waals surface area contributed by atoms with Crippen molar-refractivity contribution in [3.63, 3.8) is 0 Å². The fraction of sp³-hybridized carbons (Fsp3) is 0.786. The molecule has 0 radical (unpaired) electrons. The van der Waals surface area contributed by atoms with E-state index in [0.29, 0.717) is 6.42 Å². The number of esters is 1. The Hall–Kier alpha value is -3.18. The van der Waals surface area contributed by atoms with Crippen molar-refractivity contribution in [3.05, 3.63) is 0 Å². The Morgan fingerprint density at radius 1 is 0.975 bits per heavy atom. The zero-order valence-corrected chi connectivity index (χ0v) is 25.1. The second-order valence-electron chi connectivity index (χ2n) is 13.3. The molecule has 0 spiro atoms. The van der Waals surface area contributed by atoms with Crippen molar-refractivity contribution in [2.24, 2.45) is 28.9 Å². The van der Waals surface area contributed by atoms with Crippen molar-refractivity contribution in [1.29, 1.82) is 0 Å². The van der Waals surface area contributed by atoms with Gasteiger partial charge in [-0.25, -0.2) is 4.79 Å². The van der Waals surface area contributed by atoms with Crippen LogP contribution in [0.1, 0.15) is 81.1 Å². The Morgan fingerprint density at radius 3 is 2.05 bits per heavy atom. The SMILES string of the molecule is CC1C(C(=O)NC(CC2CCC2)C(=O)C(N)=O)N(C(=O)C(NC(=O)NCC(=O)OC(C)(C)C)C(C)(C)C)C[C@@H]1C. The molecule has 0 bridgehead atoms. The van der Waals surface area contributed by atoms with Gasteiger partial charge in [0.2, 0.25) is 17.6 Å². The van der Waals surface area contributed by atoms with Crippen molar-refractivity contribution in [1.82, 2.24) is 20.9 Å². The molecule has 5 atom stereocenters. The minimum Gasteiger partial charge on any atom is -0.459 e. The molecule has 1 aliphatic heterocycles. The number of nitrogens with two attached hydrogens (primary N) is 1. The van der Waals surface area contributed by atoms with Gasteiger partial charge in [-0.05, 0) is 50.4 Å². The van der Waals surface area contributed by atoms with Gasteiger partial charge in [0.25, 0.3) is 5.91 Å². The monoisotopic (exact) mass is 565 g/mol. The van der Waals surface area contributed by atoms with Gasteiger partial charge in [-0.2, -0.15) is 0 Å². The van der Waals surface area contributed by atoms with E-state index in [1.807, 2.05) is 13.8 Å². The highest BCUT2D eigenvalue weighted by atomic mass is 16.6. The first-order valence-electron chi connectivity index (χ1n) is 14.0. The number of likely N-dealkylation sites (tertiary alicyclic amines) is 1. The summed E-state index contributed by atoms with van der Waals surface area (Å²) >= 11 is 0. The fourth-order valence-corrected chi connectivity index (χ4v) is 5.04. The number of urea groups is 1. The Labute approximate surface area is 236 Å². The zero-order chi connectivity index (χ0) is 30.6. The van der Waals surface area contributed by atoms with Gasteiger partial charge in [-0.15, -0.1) is 0 Å². The Morgan fingerprint density at radius 2 is 1.57 bits per heavy atom. The van der Waals surface area contributed by atoms with Crippen LogP contribution < -0.4 is 21.7 Å². The third-order valence-electron chi connectivity index (χ3n) is 7.64. The molecule has 12 nitrogen and oxygen atoms in total. The highest BCUT2D eigenvalue weighted by Gasteiger charge is 2.48. The Kier molecular flexibility index (Phi) is 10.7. The zero-order valence-electron chi connectivity index (χ0n) is 25.1. The normalized spacial score (nSPS) is 22.9. The number of carbonyl (C=O) groups excluding carboxylic acids is 6. The standard InChI is InChI=1S/C28H47N5O7/c1-15-14-33(20(16(15)2)24(37)31-18(21(35)23(29)36)12-17-10-9-11-17)25(38)22(27(3,4)5)32-26(39)30-13-19(34)40-28(6,7)8/h15-18,20,22H,9-14H2,1-8H3,(H2,29,36)(H,31,37)(H2,30,32,39)/t15-,16?,18?,20?,22?/m0/s1. The van der Waals surface area contributed by atoms with Gasteiger partial charge in [0, 0.05) is 6.54 Å². The van der Waals surface area contributed by atoms with Crippen molar-refractivity contribution < 1.29 is 33.5 Å². The topological polar surface area (TPSA) is 177 Å². The van der Waals surface area contributed by atoms with Crippen molar-refractivity contribution in [2.75, 3.05) is 13.1 Å². The molecular formula is C28H47N5O7. The van der Waals surface area contributed by atoms with Gasteiger partial charge in [0.15, 0.2) is 0 Å². The van der Waals surface area contributed by atoms with Crippen LogP contribution in [0.2, 0.25) is 0 Å². The Balaban J connectivity index is 2.20. The molecule has 0 aromatic heterocycles. The molecule has 2 rings (SSSR count).